The highest BCUT2D eigenvalue weighted by Gasteiger charge is 2.35. The van der Waals surface area contributed by atoms with Gasteiger partial charge >= 0.3 is 10.2 Å². The lowest BCUT2D eigenvalue weighted by Crippen LogP contribution is -2.54. The van der Waals surface area contributed by atoms with Gasteiger partial charge in [0.15, 0.2) is 0 Å². The number of hydrogen-bond acceptors (Lipinski definition) is 4. The van der Waals surface area contributed by atoms with Gasteiger partial charge in [-0.05, 0) is 68.4 Å². The lowest BCUT2D eigenvalue weighted by atomic mass is 9.95. The number of aryl methyl sites for hydroxylation is 3. The number of rotatable bonds is 11. The molecular weight excluding hydrogens is 512 g/mol. The maximum Gasteiger partial charge on any atom is 0.304 e. The van der Waals surface area contributed by atoms with Crippen LogP contribution in [0.5, 0.6) is 0 Å². The smallest absolute Gasteiger partial charge is 0.304 e. The van der Waals surface area contributed by atoms with Gasteiger partial charge in [0.05, 0.1) is 5.69 Å². The van der Waals surface area contributed by atoms with Gasteiger partial charge in [0.1, 0.15) is 12.6 Å². The van der Waals surface area contributed by atoms with Crippen molar-refractivity contribution >= 4 is 27.7 Å². The zero-order valence-corrected chi connectivity index (χ0v) is 25.1. The standard InChI is InChI=1S/C30H44N4O4S/c1-7-27(30(36)31-26-15-9-8-10-16-26)33(20-25-14-12-11-13-23(25)3)29(35)21-34(39(37,38)32(5)6)28-19-22(2)17-18-24(28)4/h11-14,17-19,26-27H,7-10,15-16,20-21H2,1-6H3,(H,31,36)/t27-/m1/s1. The fourth-order valence-corrected chi connectivity index (χ4v) is 6.24. The molecule has 0 saturated heterocycles. The van der Waals surface area contributed by atoms with Crippen LogP contribution in [0.15, 0.2) is 42.5 Å². The summed E-state index contributed by atoms with van der Waals surface area (Å²) in [6.45, 7) is 7.38. The molecular formula is C30H44N4O4S. The van der Waals surface area contributed by atoms with Gasteiger partial charge in [-0.2, -0.15) is 12.7 Å². The van der Waals surface area contributed by atoms with E-state index in [9.17, 15) is 18.0 Å². The Balaban J connectivity index is 2.00. The van der Waals surface area contributed by atoms with E-state index in [4.69, 9.17) is 0 Å². The predicted octanol–water partition coefficient (Wildman–Crippen LogP) is 4.48. The molecule has 0 spiro atoms. The molecule has 1 aliphatic rings. The predicted molar refractivity (Wildman–Crippen MR) is 157 cm³/mol. The highest BCUT2D eigenvalue weighted by Crippen LogP contribution is 2.26. The van der Waals surface area contributed by atoms with Crippen LogP contribution in [0.1, 0.15) is 67.7 Å². The Morgan fingerprint density at radius 3 is 2.26 bits per heavy atom. The van der Waals surface area contributed by atoms with Gasteiger partial charge in [0.25, 0.3) is 0 Å². The van der Waals surface area contributed by atoms with Crippen molar-refractivity contribution in [2.24, 2.45) is 0 Å². The maximum absolute atomic E-state index is 14.1. The van der Waals surface area contributed by atoms with Crippen LogP contribution in [0.3, 0.4) is 0 Å². The van der Waals surface area contributed by atoms with Crippen LogP contribution in [0.25, 0.3) is 0 Å². The van der Waals surface area contributed by atoms with Crippen LogP contribution >= 0.6 is 0 Å². The molecule has 3 rings (SSSR count). The van der Waals surface area contributed by atoms with Crippen LogP contribution in [-0.2, 0) is 26.3 Å². The fraction of sp³-hybridized carbons (Fsp3) is 0.533. The molecule has 39 heavy (non-hydrogen) atoms. The molecule has 9 heteroatoms. The van der Waals surface area contributed by atoms with E-state index >= 15 is 0 Å². The number of carbonyl (C=O) groups excluding carboxylic acids is 2. The average molecular weight is 557 g/mol. The second-order valence-electron chi connectivity index (χ2n) is 10.8. The normalized spacial score (nSPS) is 15.2. The number of carbonyl (C=O) groups is 2. The number of anilines is 1. The molecule has 0 radical (unpaired) electrons. The maximum atomic E-state index is 14.1. The largest absolute Gasteiger partial charge is 0.352 e. The first-order valence-electron chi connectivity index (χ1n) is 13.9. The Labute approximate surface area is 234 Å². The minimum atomic E-state index is -4.00. The quantitative estimate of drug-likeness (QED) is 0.442. The van der Waals surface area contributed by atoms with E-state index in [1.165, 1.54) is 20.5 Å². The highest BCUT2D eigenvalue weighted by molar-refractivity contribution is 7.90. The molecule has 1 aliphatic carbocycles. The summed E-state index contributed by atoms with van der Waals surface area (Å²) in [6, 6.07) is 12.7. The SMILES string of the molecule is CC[C@H](C(=O)NC1CCCCC1)N(Cc1ccccc1C)C(=O)CN(c1cc(C)ccc1C)S(=O)(=O)N(C)C. The number of nitrogens with one attached hydrogen (secondary N) is 1. The summed E-state index contributed by atoms with van der Waals surface area (Å²) in [5, 5.41) is 3.18. The lowest BCUT2D eigenvalue weighted by Gasteiger charge is -2.35. The van der Waals surface area contributed by atoms with Gasteiger partial charge in [-0.1, -0.05) is 62.6 Å². The van der Waals surface area contributed by atoms with E-state index in [2.05, 4.69) is 5.32 Å². The zero-order valence-electron chi connectivity index (χ0n) is 24.2. The van der Waals surface area contributed by atoms with Crippen molar-refractivity contribution in [3.8, 4) is 0 Å². The number of benzene rings is 2. The molecule has 0 aromatic heterocycles. The highest BCUT2D eigenvalue weighted by atomic mass is 32.2. The Bertz CT molecular complexity index is 1260. The first-order valence-corrected chi connectivity index (χ1v) is 15.3. The molecule has 2 aromatic carbocycles. The van der Waals surface area contributed by atoms with Gasteiger partial charge in [-0.15, -0.1) is 0 Å². The van der Waals surface area contributed by atoms with Crippen molar-refractivity contribution in [3.05, 3.63) is 64.7 Å². The summed E-state index contributed by atoms with van der Waals surface area (Å²) in [4.78, 5) is 29.3. The van der Waals surface area contributed by atoms with Gasteiger partial charge in [0, 0.05) is 26.7 Å². The molecule has 214 valence electrons. The Morgan fingerprint density at radius 1 is 0.974 bits per heavy atom. The first-order chi connectivity index (χ1) is 18.4. The minimum absolute atomic E-state index is 0.108. The van der Waals surface area contributed by atoms with E-state index in [0.717, 1.165) is 56.5 Å². The van der Waals surface area contributed by atoms with Crippen LogP contribution in [0, 0.1) is 20.8 Å². The van der Waals surface area contributed by atoms with Crippen molar-refractivity contribution in [2.75, 3.05) is 24.9 Å². The monoisotopic (exact) mass is 556 g/mol. The molecule has 1 fully saturated rings. The third kappa shape index (κ3) is 7.60. The Hall–Kier alpha value is -2.91. The van der Waals surface area contributed by atoms with E-state index in [0.29, 0.717) is 12.1 Å². The van der Waals surface area contributed by atoms with E-state index in [-0.39, 0.29) is 18.5 Å². The summed E-state index contributed by atoms with van der Waals surface area (Å²) in [5.74, 6) is -0.602. The number of hydrogen-bond donors (Lipinski definition) is 1. The van der Waals surface area contributed by atoms with Crippen LogP contribution < -0.4 is 9.62 Å². The molecule has 1 atom stereocenters. The van der Waals surface area contributed by atoms with Crippen molar-refractivity contribution in [1.29, 1.82) is 0 Å². The van der Waals surface area contributed by atoms with Gasteiger partial charge in [-0.25, -0.2) is 4.31 Å². The summed E-state index contributed by atoms with van der Waals surface area (Å²) in [6.07, 6.45) is 5.64. The third-order valence-corrected chi connectivity index (χ3v) is 9.40. The van der Waals surface area contributed by atoms with E-state index in [1.807, 2.05) is 64.1 Å². The summed E-state index contributed by atoms with van der Waals surface area (Å²) >= 11 is 0. The third-order valence-electron chi connectivity index (χ3n) is 7.59. The van der Waals surface area contributed by atoms with Crippen molar-refractivity contribution in [1.82, 2.24) is 14.5 Å². The van der Waals surface area contributed by atoms with Crippen molar-refractivity contribution < 1.29 is 18.0 Å². The first kappa shape index (κ1) is 30.6. The minimum Gasteiger partial charge on any atom is -0.352 e. The summed E-state index contributed by atoms with van der Waals surface area (Å²) in [5.41, 5.74) is 4.00. The Kier molecular flexibility index (Phi) is 10.6. The van der Waals surface area contributed by atoms with Gasteiger partial charge in [0.2, 0.25) is 11.8 Å². The molecule has 0 aliphatic heterocycles. The summed E-state index contributed by atoms with van der Waals surface area (Å²) in [7, 11) is -1.09. The lowest BCUT2D eigenvalue weighted by molar-refractivity contribution is -0.140. The molecule has 2 aromatic rings. The molecule has 1 saturated carbocycles. The second-order valence-corrected chi connectivity index (χ2v) is 12.9. The van der Waals surface area contributed by atoms with Crippen LogP contribution in [-0.4, -0.2) is 62.2 Å². The second kappa shape index (κ2) is 13.4. The number of nitrogens with zero attached hydrogens (tertiary/aromatic N) is 3. The number of amides is 2. The van der Waals surface area contributed by atoms with Gasteiger partial charge < -0.3 is 10.2 Å². The van der Waals surface area contributed by atoms with Crippen molar-refractivity contribution in [3.63, 3.8) is 0 Å². The Morgan fingerprint density at radius 2 is 1.64 bits per heavy atom. The molecule has 2 amide bonds. The molecule has 1 N–H and O–H groups in total. The molecule has 0 bridgehead atoms. The van der Waals surface area contributed by atoms with Crippen molar-refractivity contribution in [2.45, 2.75) is 84.8 Å². The topological polar surface area (TPSA) is 90.0 Å². The van der Waals surface area contributed by atoms with Crippen LogP contribution in [0.2, 0.25) is 0 Å². The van der Waals surface area contributed by atoms with Gasteiger partial charge in [-0.3, -0.25) is 9.59 Å². The van der Waals surface area contributed by atoms with E-state index in [1.54, 1.807) is 11.0 Å². The fourth-order valence-electron chi connectivity index (χ4n) is 5.12. The molecule has 0 unspecified atom stereocenters. The van der Waals surface area contributed by atoms with E-state index < -0.39 is 28.7 Å². The molecule has 8 nitrogen and oxygen atoms in total. The zero-order chi connectivity index (χ0) is 28.7. The van der Waals surface area contributed by atoms with Crippen LogP contribution in [0.4, 0.5) is 5.69 Å². The molecule has 0 heterocycles. The summed E-state index contributed by atoms with van der Waals surface area (Å²) < 4.78 is 29.3. The average Bonchev–Trinajstić information content (AvgIpc) is 2.90.